The third-order valence-electron chi connectivity index (χ3n) is 4.95. The maximum Gasteiger partial charge on any atom is 0.338 e. The van der Waals surface area contributed by atoms with Crippen LogP contribution in [0.2, 0.25) is 5.02 Å². The van der Waals surface area contributed by atoms with Gasteiger partial charge in [-0.25, -0.2) is 9.48 Å². The van der Waals surface area contributed by atoms with Gasteiger partial charge in [0, 0.05) is 0 Å². The highest BCUT2D eigenvalue weighted by Gasteiger charge is 2.27. The predicted octanol–water partition coefficient (Wildman–Crippen LogP) is 3.28. The smallest absolute Gasteiger partial charge is 0.338 e. The first-order valence-electron chi connectivity index (χ1n) is 9.53. The third kappa shape index (κ3) is 4.02. The molecule has 2 aromatic carbocycles. The van der Waals surface area contributed by atoms with Crippen LogP contribution in [0.15, 0.2) is 48.5 Å². The molecule has 0 aliphatic carbocycles. The zero-order valence-electron chi connectivity index (χ0n) is 16.9. The number of fused-ring (bicyclic) bond motifs is 1. The van der Waals surface area contributed by atoms with Gasteiger partial charge in [0.15, 0.2) is 6.61 Å². The fourth-order valence-corrected chi connectivity index (χ4v) is 3.48. The van der Waals surface area contributed by atoms with E-state index in [0.29, 0.717) is 27.7 Å². The number of hydrogen-bond donors (Lipinski definition) is 1. The standard InChI is InChI=1S/C22H19ClN4O4/c1-13-21(23)14(2)27(25-13)16-9-7-15(8-10-16)22(30)31-12-20(29)26-11-19(28)24-17-5-3-4-6-18(17)26/h3-10H,11-12H2,1-2H3,(H,24,28). The van der Waals surface area contributed by atoms with E-state index in [0.717, 1.165) is 11.4 Å². The number of hydrogen-bond acceptors (Lipinski definition) is 5. The van der Waals surface area contributed by atoms with Crippen LogP contribution in [0, 0.1) is 13.8 Å². The lowest BCUT2D eigenvalue weighted by Gasteiger charge is -2.28. The SMILES string of the molecule is Cc1nn(-c2ccc(C(=O)OCC(=O)N3CC(=O)Nc4ccccc43)cc2)c(C)c1Cl. The quantitative estimate of drug-likeness (QED) is 0.631. The van der Waals surface area contributed by atoms with Crippen LogP contribution in [0.5, 0.6) is 0 Å². The van der Waals surface area contributed by atoms with Crippen molar-refractivity contribution in [3.63, 3.8) is 0 Å². The number of ether oxygens (including phenoxy) is 1. The molecule has 9 heteroatoms. The summed E-state index contributed by atoms with van der Waals surface area (Å²) in [7, 11) is 0. The molecule has 0 spiro atoms. The normalized spacial score (nSPS) is 12.9. The second-order valence-electron chi connectivity index (χ2n) is 7.06. The van der Waals surface area contributed by atoms with Crippen molar-refractivity contribution < 1.29 is 19.1 Å². The summed E-state index contributed by atoms with van der Waals surface area (Å²) in [5, 5.41) is 7.68. The Morgan fingerprint density at radius 2 is 1.84 bits per heavy atom. The van der Waals surface area contributed by atoms with Crippen molar-refractivity contribution in [2.75, 3.05) is 23.4 Å². The number of nitrogens with one attached hydrogen (secondary N) is 1. The van der Waals surface area contributed by atoms with Gasteiger partial charge in [-0.05, 0) is 50.2 Å². The number of anilines is 2. The lowest BCUT2D eigenvalue weighted by Crippen LogP contribution is -2.44. The van der Waals surface area contributed by atoms with Crippen LogP contribution in [-0.4, -0.2) is 40.7 Å². The molecule has 0 fully saturated rings. The maximum atomic E-state index is 12.6. The van der Waals surface area contributed by atoms with Crippen molar-refractivity contribution in [1.82, 2.24) is 9.78 Å². The summed E-state index contributed by atoms with van der Waals surface area (Å²) in [6, 6.07) is 13.6. The third-order valence-corrected chi connectivity index (χ3v) is 5.50. The van der Waals surface area contributed by atoms with E-state index in [1.54, 1.807) is 53.2 Å². The van der Waals surface area contributed by atoms with Crippen LogP contribution in [0.4, 0.5) is 11.4 Å². The molecular formula is C22H19ClN4O4. The number of rotatable bonds is 4. The highest BCUT2D eigenvalue weighted by Crippen LogP contribution is 2.29. The van der Waals surface area contributed by atoms with E-state index in [1.165, 1.54) is 4.90 Å². The maximum absolute atomic E-state index is 12.6. The number of carbonyl (C=O) groups is 3. The van der Waals surface area contributed by atoms with Gasteiger partial charge in [-0.1, -0.05) is 23.7 Å². The summed E-state index contributed by atoms with van der Waals surface area (Å²) in [6.45, 7) is 3.07. The predicted molar refractivity (Wildman–Crippen MR) is 116 cm³/mol. The van der Waals surface area contributed by atoms with Crippen molar-refractivity contribution in [3.05, 3.63) is 70.5 Å². The van der Waals surface area contributed by atoms with E-state index < -0.39 is 18.5 Å². The molecule has 1 aliphatic heterocycles. The summed E-state index contributed by atoms with van der Waals surface area (Å²) in [4.78, 5) is 38.2. The van der Waals surface area contributed by atoms with E-state index in [4.69, 9.17) is 16.3 Å². The number of benzene rings is 2. The Hall–Kier alpha value is -3.65. The highest BCUT2D eigenvalue weighted by molar-refractivity contribution is 6.31. The van der Waals surface area contributed by atoms with Crippen LogP contribution >= 0.6 is 11.6 Å². The van der Waals surface area contributed by atoms with E-state index in [2.05, 4.69) is 10.4 Å². The average Bonchev–Trinajstić information content (AvgIpc) is 3.04. The average molecular weight is 439 g/mol. The molecule has 2 heterocycles. The number of aromatic nitrogens is 2. The summed E-state index contributed by atoms with van der Waals surface area (Å²) in [5.41, 5.74) is 3.66. The van der Waals surface area contributed by atoms with Gasteiger partial charge < -0.3 is 10.1 Å². The lowest BCUT2D eigenvalue weighted by atomic mass is 10.2. The highest BCUT2D eigenvalue weighted by atomic mass is 35.5. The molecule has 8 nitrogen and oxygen atoms in total. The van der Waals surface area contributed by atoms with Gasteiger partial charge in [0.1, 0.15) is 6.54 Å². The van der Waals surface area contributed by atoms with Crippen LogP contribution in [0.25, 0.3) is 5.69 Å². The lowest BCUT2D eigenvalue weighted by molar-refractivity contribution is -0.124. The van der Waals surface area contributed by atoms with Gasteiger partial charge in [-0.2, -0.15) is 5.10 Å². The monoisotopic (exact) mass is 438 g/mol. The number of carbonyl (C=O) groups excluding carboxylic acids is 3. The fraction of sp³-hybridized carbons (Fsp3) is 0.182. The molecule has 31 heavy (non-hydrogen) atoms. The van der Waals surface area contributed by atoms with Crippen LogP contribution < -0.4 is 10.2 Å². The van der Waals surface area contributed by atoms with Crippen molar-refractivity contribution >= 4 is 40.8 Å². The number of aryl methyl sites for hydroxylation is 1. The van der Waals surface area contributed by atoms with E-state index in [1.807, 2.05) is 13.8 Å². The Labute approximate surface area is 183 Å². The molecule has 3 aromatic rings. The molecular weight excluding hydrogens is 420 g/mol. The Balaban J connectivity index is 1.43. The number of halogens is 1. The van der Waals surface area contributed by atoms with Crippen LogP contribution in [-0.2, 0) is 14.3 Å². The van der Waals surface area contributed by atoms with Crippen molar-refractivity contribution in [1.29, 1.82) is 0 Å². The fourth-order valence-electron chi connectivity index (χ4n) is 3.36. The van der Waals surface area contributed by atoms with Crippen LogP contribution in [0.3, 0.4) is 0 Å². The number of amides is 2. The molecule has 1 aliphatic rings. The Morgan fingerprint density at radius 3 is 2.52 bits per heavy atom. The Kier molecular flexibility index (Phi) is 5.48. The molecule has 0 bridgehead atoms. The van der Waals surface area contributed by atoms with Crippen molar-refractivity contribution in [2.24, 2.45) is 0 Å². The van der Waals surface area contributed by atoms with Gasteiger partial charge in [0.25, 0.3) is 5.91 Å². The molecule has 0 atom stereocenters. The first kappa shape index (κ1) is 20.6. The zero-order chi connectivity index (χ0) is 22.1. The van der Waals surface area contributed by atoms with Crippen molar-refractivity contribution in [2.45, 2.75) is 13.8 Å². The minimum absolute atomic E-state index is 0.132. The minimum Gasteiger partial charge on any atom is -0.452 e. The van der Waals surface area contributed by atoms with E-state index in [-0.39, 0.29) is 12.5 Å². The topological polar surface area (TPSA) is 93.5 Å². The zero-order valence-corrected chi connectivity index (χ0v) is 17.6. The first-order valence-corrected chi connectivity index (χ1v) is 9.91. The second-order valence-corrected chi connectivity index (χ2v) is 7.44. The van der Waals surface area contributed by atoms with Gasteiger partial charge in [-0.15, -0.1) is 0 Å². The summed E-state index contributed by atoms with van der Waals surface area (Å²) >= 11 is 6.19. The van der Waals surface area contributed by atoms with Gasteiger partial charge in [0.2, 0.25) is 5.91 Å². The molecule has 0 saturated carbocycles. The minimum atomic E-state index is -0.638. The van der Waals surface area contributed by atoms with E-state index >= 15 is 0 Å². The van der Waals surface area contributed by atoms with Crippen molar-refractivity contribution in [3.8, 4) is 5.69 Å². The molecule has 158 valence electrons. The molecule has 0 unspecified atom stereocenters. The largest absolute Gasteiger partial charge is 0.452 e. The molecule has 4 rings (SSSR count). The van der Waals surface area contributed by atoms with Gasteiger partial charge >= 0.3 is 5.97 Å². The molecule has 1 aromatic heterocycles. The van der Waals surface area contributed by atoms with Gasteiger partial charge in [0.05, 0.1) is 39.0 Å². The Morgan fingerprint density at radius 1 is 1.13 bits per heavy atom. The summed E-state index contributed by atoms with van der Waals surface area (Å²) < 4.78 is 6.87. The second kappa shape index (κ2) is 8.23. The summed E-state index contributed by atoms with van der Waals surface area (Å²) in [6.07, 6.45) is 0. The number of nitrogens with zero attached hydrogens (tertiary/aromatic N) is 3. The number of para-hydroxylation sites is 2. The first-order chi connectivity index (χ1) is 14.8. The summed E-state index contributed by atoms with van der Waals surface area (Å²) in [5.74, 6) is -1.43. The molecule has 1 N–H and O–H groups in total. The molecule has 0 saturated heterocycles. The number of esters is 1. The Bertz CT molecular complexity index is 1190. The van der Waals surface area contributed by atoms with E-state index in [9.17, 15) is 14.4 Å². The molecule has 2 amide bonds. The van der Waals surface area contributed by atoms with Gasteiger partial charge in [-0.3, -0.25) is 14.5 Å². The van der Waals surface area contributed by atoms with Crippen LogP contribution in [0.1, 0.15) is 21.7 Å². The molecule has 0 radical (unpaired) electrons.